The standard InChI is InChI=1S/C14H18BrNO2/c1-3-17-14(18-4-2)9-12(10-16)11-5-7-13(15)8-6-11/h5-8,12,14H,3-4,9H2,1-2H3/t12-/m0/s1. The van der Waals surface area contributed by atoms with Crippen molar-refractivity contribution in [1.29, 1.82) is 5.26 Å². The maximum absolute atomic E-state index is 9.26. The number of hydrogen-bond acceptors (Lipinski definition) is 3. The van der Waals surface area contributed by atoms with Gasteiger partial charge in [0.1, 0.15) is 0 Å². The Morgan fingerprint density at radius 3 is 2.17 bits per heavy atom. The highest BCUT2D eigenvalue weighted by molar-refractivity contribution is 9.10. The van der Waals surface area contributed by atoms with Crippen molar-refractivity contribution in [2.24, 2.45) is 0 Å². The molecule has 0 amide bonds. The molecule has 0 spiro atoms. The summed E-state index contributed by atoms with van der Waals surface area (Å²) >= 11 is 3.38. The van der Waals surface area contributed by atoms with Crippen molar-refractivity contribution in [3.8, 4) is 6.07 Å². The van der Waals surface area contributed by atoms with Gasteiger partial charge in [-0.2, -0.15) is 5.26 Å². The van der Waals surface area contributed by atoms with Crippen molar-refractivity contribution in [2.75, 3.05) is 13.2 Å². The van der Waals surface area contributed by atoms with E-state index in [1.165, 1.54) is 0 Å². The smallest absolute Gasteiger partial charge is 0.159 e. The summed E-state index contributed by atoms with van der Waals surface area (Å²) in [6, 6.07) is 10.1. The van der Waals surface area contributed by atoms with Crippen LogP contribution in [0.2, 0.25) is 0 Å². The third-order valence-corrected chi connectivity index (χ3v) is 3.09. The van der Waals surface area contributed by atoms with Crippen molar-refractivity contribution in [3.05, 3.63) is 34.3 Å². The lowest BCUT2D eigenvalue weighted by molar-refractivity contribution is -0.140. The van der Waals surface area contributed by atoms with Crippen LogP contribution < -0.4 is 0 Å². The quantitative estimate of drug-likeness (QED) is 0.718. The molecule has 0 saturated heterocycles. The molecular weight excluding hydrogens is 294 g/mol. The molecule has 0 fully saturated rings. The topological polar surface area (TPSA) is 42.2 Å². The van der Waals surface area contributed by atoms with Crippen LogP contribution in [0, 0.1) is 11.3 Å². The molecule has 1 aromatic carbocycles. The zero-order valence-electron chi connectivity index (χ0n) is 10.7. The van der Waals surface area contributed by atoms with Gasteiger partial charge in [-0.05, 0) is 31.5 Å². The lowest BCUT2D eigenvalue weighted by Crippen LogP contribution is -2.20. The summed E-state index contributed by atoms with van der Waals surface area (Å²) in [7, 11) is 0. The van der Waals surface area contributed by atoms with E-state index in [0.717, 1.165) is 10.0 Å². The number of ether oxygens (including phenoxy) is 2. The monoisotopic (exact) mass is 311 g/mol. The third-order valence-electron chi connectivity index (χ3n) is 2.56. The number of rotatable bonds is 7. The number of nitrogens with zero attached hydrogens (tertiary/aromatic N) is 1. The van der Waals surface area contributed by atoms with E-state index in [4.69, 9.17) is 9.47 Å². The highest BCUT2D eigenvalue weighted by atomic mass is 79.9. The molecular formula is C14H18BrNO2. The molecule has 0 heterocycles. The van der Waals surface area contributed by atoms with Crippen molar-refractivity contribution in [1.82, 2.24) is 0 Å². The SMILES string of the molecule is CCOC(C[C@@H](C#N)c1ccc(Br)cc1)OCC. The summed E-state index contributed by atoms with van der Waals surface area (Å²) in [5.41, 5.74) is 0.991. The second-order valence-electron chi connectivity index (χ2n) is 3.81. The first kappa shape index (κ1) is 15.2. The first-order valence-corrected chi connectivity index (χ1v) is 6.88. The first-order valence-electron chi connectivity index (χ1n) is 6.09. The number of nitriles is 1. The van der Waals surface area contributed by atoms with E-state index in [9.17, 15) is 5.26 Å². The summed E-state index contributed by atoms with van der Waals surface area (Å²) in [6.45, 7) is 5.02. The fraction of sp³-hybridized carbons (Fsp3) is 0.500. The van der Waals surface area contributed by atoms with Crippen LogP contribution in [0.3, 0.4) is 0 Å². The van der Waals surface area contributed by atoms with Crippen LogP contribution in [0.5, 0.6) is 0 Å². The lowest BCUT2D eigenvalue weighted by Gasteiger charge is -2.19. The molecule has 0 radical (unpaired) electrons. The average molecular weight is 312 g/mol. The van der Waals surface area contributed by atoms with Crippen molar-refractivity contribution >= 4 is 15.9 Å². The average Bonchev–Trinajstić information content (AvgIpc) is 2.37. The zero-order chi connectivity index (χ0) is 13.4. The predicted molar refractivity (Wildman–Crippen MR) is 74.2 cm³/mol. The Bertz CT molecular complexity index is 380. The molecule has 1 atom stereocenters. The fourth-order valence-corrected chi connectivity index (χ4v) is 1.97. The number of hydrogen-bond donors (Lipinski definition) is 0. The molecule has 0 saturated carbocycles. The van der Waals surface area contributed by atoms with Gasteiger partial charge in [0.05, 0.1) is 12.0 Å². The van der Waals surface area contributed by atoms with Gasteiger partial charge < -0.3 is 9.47 Å². The highest BCUT2D eigenvalue weighted by Gasteiger charge is 2.18. The Hall–Kier alpha value is -0.890. The van der Waals surface area contributed by atoms with Gasteiger partial charge in [0, 0.05) is 24.1 Å². The summed E-state index contributed by atoms with van der Waals surface area (Å²) in [5, 5.41) is 9.26. The maximum atomic E-state index is 9.26. The molecule has 1 rings (SSSR count). The van der Waals surface area contributed by atoms with Crippen LogP contribution in [0.4, 0.5) is 0 Å². The molecule has 1 aromatic rings. The number of benzene rings is 1. The van der Waals surface area contributed by atoms with Crippen LogP contribution in [0.1, 0.15) is 31.7 Å². The Labute approximate surface area is 117 Å². The van der Waals surface area contributed by atoms with Gasteiger partial charge in [0.2, 0.25) is 0 Å². The lowest BCUT2D eigenvalue weighted by atomic mass is 9.97. The second-order valence-corrected chi connectivity index (χ2v) is 4.72. The van der Waals surface area contributed by atoms with E-state index in [2.05, 4.69) is 22.0 Å². The Morgan fingerprint density at radius 2 is 1.72 bits per heavy atom. The van der Waals surface area contributed by atoms with Gasteiger partial charge in [-0.3, -0.25) is 0 Å². The van der Waals surface area contributed by atoms with E-state index >= 15 is 0 Å². The molecule has 0 aliphatic rings. The van der Waals surface area contributed by atoms with Crippen molar-refractivity contribution in [2.45, 2.75) is 32.5 Å². The fourth-order valence-electron chi connectivity index (χ4n) is 1.71. The van der Waals surface area contributed by atoms with E-state index in [1.54, 1.807) is 0 Å². The molecule has 0 aromatic heterocycles. The predicted octanol–water partition coefficient (Wildman–Crippen LogP) is 3.85. The van der Waals surface area contributed by atoms with E-state index in [0.29, 0.717) is 19.6 Å². The van der Waals surface area contributed by atoms with Gasteiger partial charge in [-0.15, -0.1) is 0 Å². The molecule has 0 aliphatic heterocycles. The van der Waals surface area contributed by atoms with Crippen LogP contribution in [0.25, 0.3) is 0 Å². The van der Waals surface area contributed by atoms with Crippen LogP contribution in [0.15, 0.2) is 28.7 Å². The minimum Gasteiger partial charge on any atom is -0.353 e. The van der Waals surface area contributed by atoms with Gasteiger partial charge in [0.15, 0.2) is 6.29 Å². The largest absolute Gasteiger partial charge is 0.353 e. The summed E-state index contributed by atoms with van der Waals surface area (Å²) < 4.78 is 12.0. The minimum atomic E-state index is -0.312. The molecule has 0 aliphatic carbocycles. The highest BCUT2D eigenvalue weighted by Crippen LogP contribution is 2.24. The third kappa shape index (κ3) is 4.77. The van der Waals surface area contributed by atoms with Gasteiger partial charge >= 0.3 is 0 Å². The second kappa shape index (κ2) is 8.25. The molecule has 0 N–H and O–H groups in total. The van der Waals surface area contributed by atoms with Crippen molar-refractivity contribution < 1.29 is 9.47 Å². The minimum absolute atomic E-state index is 0.207. The zero-order valence-corrected chi connectivity index (χ0v) is 12.3. The first-order chi connectivity index (χ1) is 8.71. The van der Waals surface area contributed by atoms with E-state index in [1.807, 2.05) is 38.1 Å². The molecule has 98 valence electrons. The molecule has 18 heavy (non-hydrogen) atoms. The molecule has 0 unspecified atom stereocenters. The van der Waals surface area contributed by atoms with Crippen molar-refractivity contribution in [3.63, 3.8) is 0 Å². The van der Waals surface area contributed by atoms with Crippen LogP contribution in [-0.4, -0.2) is 19.5 Å². The van der Waals surface area contributed by atoms with Crippen LogP contribution >= 0.6 is 15.9 Å². The maximum Gasteiger partial charge on any atom is 0.159 e. The Kier molecular flexibility index (Phi) is 6.96. The molecule has 0 bridgehead atoms. The van der Waals surface area contributed by atoms with Gasteiger partial charge in [0.25, 0.3) is 0 Å². The number of halogens is 1. The van der Waals surface area contributed by atoms with Crippen LogP contribution in [-0.2, 0) is 9.47 Å². The van der Waals surface area contributed by atoms with Gasteiger partial charge in [-0.1, -0.05) is 28.1 Å². The Balaban J connectivity index is 2.71. The normalized spacial score (nSPS) is 12.4. The van der Waals surface area contributed by atoms with E-state index in [-0.39, 0.29) is 12.2 Å². The summed E-state index contributed by atoms with van der Waals surface area (Å²) in [4.78, 5) is 0. The van der Waals surface area contributed by atoms with E-state index < -0.39 is 0 Å². The summed E-state index contributed by atoms with van der Waals surface area (Å²) in [6.07, 6.45) is 0.244. The molecule has 4 heteroatoms. The molecule has 3 nitrogen and oxygen atoms in total. The summed E-state index contributed by atoms with van der Waals surface area (Å²) in [5.74, 6) is -0.207. The van der Waals surface area contributed by atoms with Gasteiger partial charge in [-0.25, -0.2) is 0 Å². The Morgan fingerprint density at radius 1 is 1.17 bits per heavy atom.